The quantitative estimate of drug-likeness (QED) is 0.284. The first-order valence-electron chi connectivity index (χ1n) is 17.8. The van der Waals surface area contributed by atoms with Crippen LogP contribution in [-0.2, 0) is 24.4 Å². The Hall–Kier alpha value is -4.11. The van der Waals surface area contributed by atoms with Crippen LogP contribution in [0.1, 0.15) is 72.1 Å². The lowest BCUT2D eigenvalue weighted by Gasteiger charge is -2.33. The summed E-state index contributed by atoms with van der Waals surface area (Å²) in [6.07, 6.45) is 6.57. The summed E-state index contributed by atoms with van der Waals surface area (Å²) in [4.78, 5) is 60.5. The summed E-state index contributed by atoms with van der Waals surface area (Å²) >= 11 is 6.33. The fourth-order valence-electron chi connectivity index (χ4n) is 7.53. The fourth-order valence-corrected chi connectivity index (χ4v) is 9.01. The molecule has 2 aliphatic carbocycles. The zero-order chi connectivity index (χ0) is 37.6. The smallest absolute Gasteiger partial charge is 0.405 e. The third kappa shape index (κ3) is 7.39. The van der Waals surface area contributed by atoms with E-state index in [9.17, 15) is 32.7 Å². The van der Waals surface area contributed by atoms with Crippen LogP contribution in [0.15, 0.2) is 36.5 Å². The number of sulfonamides is 1. The molecular formula is C36H46ClN5O9S. The molecule has 4 amide bonds. The molecule has 2 saturated carbocycles. The van der Waals surface area contributed by atoms with E-state index in [1.807, 2.05) is 26.0 Å². The number of hydrogen-bond donors (Lipinski definition) is 4. The Morgan fingerprint density at radius 1 is 1.19 bits per heavy atom. The molecule has 16 heteroatoms. The lowest BCUT2D eigenvalue weighted by atomic mass is 9.85. The van der Waals surface area contributed by atoms with Gasteiger partial charge in [-0.25, -0.2) is 18.2 Å². The highest BCUT2D eigenvalue weighted by atomic mass is 35.5. The number of aromatic nitrogens is 1. The molecule has 0 bridgehead atoms. The molecule has 3 heterocycles. The average Bonchev–Trinajstić information content (AvgIpc) is 3.97. The second-order valence-corrected chi connectivity index (χ2v) is 17.5. The fraction of sp³-hybridized carbons (Fsp3) is 0.583. The minimum Gasteiger partial charge on any atom is -0.494 e. The Bertz CT molecular complexity index is 1900. The number of allylic oxidation sites excluding steroid dienone is 1. The number of rotatable bonds is 8. The number of methoxy groups -OCH3 is 1. The standard InChI is InChI=1S/C36H46ClN5O9S/c1-5-21-14-20(2)8-6-7-9-22-17-36(22,33(45)41-52(48,49)35(3)12-13-35)40-30(43)27-16-24(19-42(27)32(44)29(21)39-34(46)47)51-31-26-15-23(37)10-11-25(26)28(50-4)18-38-31/h7,9-11,15,18,20-22,24,27,29,39H,5-6,8,12-14,16-17,19H2,1-4H3,(H,40,43)(H,41,45)(H,46,47)/t20-,21-,22-,24-,27+,29+,36-/m1/s1. The third-order valence-corrected chi connectivity index (χ3v) is 13.6. The maximum atomic E-state index is 14.5. The number of nitrogens with one attached hydrogen (secondary N) is 3. The molecule has 3 fully saturated rings. The van der Waals surface area contributed by atoms with Crippen molar-refractivity contribution in [2.45, 2.75) is 101 Å². The van der Waals surface area contributed by atoms with E-state index in [1.165, 1.54) is 18.2 Å². The molecule has 4 aliphatic rings. The molecule has 282 valence electrons. The van der Waals surface area contributed by atoms with Gasteiger partial charge in [0, 0.05) is 28.1 Å². The molecule has 1 saturated heterocycles. The average molecular weight is 760 g/mol. The molecule has 14 nitrogen and oxygen atoms in total. The number of carbonyl (C=O) groups excluding carboxylic acids is 3. The molecule has 7 atom stereocenters. The molecular weight excluding hydrogens is 714 g/mol. The molecule has 2 aliphatic heterocycles. The molecule has 4 N–H and O–H groups in total. The summed E-state index contributed by atoms with van der Waals surface area (Å²) in [5.41, 5.74) is -1.56. The van der Waals surface area contributed by atoms with Crippen LogP contribution in [0.25, 0.3) is 10.8 Å². The lowest BCUT2D eigenvalue weighted by molar-refractivity contribution is -0.142. The Labute approximate surface area is 308 Å². The van der Waals surface area contributed by atoms with E-state index < -0.39 is 68.2 Å². The van der Waals surface area contributed by atoms with Gasteiger partial charge in [0.1, 0.15) is 29.5 Å². The summed E-state index contributed by atoms with van der Waals surface area (Å²) in [7, 11) is -2.50. The first-order valence-corrected chi connectivity index (χ1v) is 19.6. The lowest BCUT2D eigenvalue weighted by Crippen LogP contribution is -2.59. The number of nitrogens with zero attached hydrogens (tertiary/aromatic N) is 2. The van der Waals surface area contributed by atoms with E-state index in [-0.39, 0.29) is 37.1 Å². The number of benzene rings is 1. The van der Waals surface area contributed by atoms with Crippen LogP contribution < -0.4 is 24.8 Å². The van der Waals surface area contributed by atoms with Crippen molar-refractivity contribution in [3.63, 3.8) is 0 Å². The van der Waals surface area contributed by atoms with Crippen LogP contribution >= 0.6 is 11.6 Å². The van der Waals surface area contributed by atoms with Gasteiger partial charge >= 0.3 is 6.09 Å². The molecule has 0 unspecified atom stereocenters. The van der Waals surface area contributed by atoms with Crippen LogP contribution in [0, 0.1) is 17.8 Å². The molecule has 6 rings (SSSR count). The summed E-state index contributed by atoms with van der Waals surface area (Å²) in [5, 5.41) is 16.8. The van der Waals surface area contributed by atoms with Crippen LogP contribution in [0.3, 0.4) is 0 Å². The van der Waals surface area contributed by atoms with Gasteiger partial charge in [0.15, 0.2) is 0 Å². The summed E-state index contributed by atoms with van der Waals surface area (Å²) in [6.45, 7) is 5.42. The minimum atomic E-state index is -4.01. The Balaban J connectivity index is 1.36. The van der Waals surface area contributed by atoms with Gasteiger partial charge in [-0.15, -0.1) is 0 Å². The molecule has 52 heavy (non-hydrogen) atoms. The van der Waals surface area contributed by atoms with Gasteiger partial charge in [-0.2, -0.15) is 0 Å². The highest BCUT2D eigenvalue weighted by Crippen LogP contribution is 2.48. The molecule has 0 spiro atoms. The number of carbonyl (C=O) groups is 4. The highest BCUT2D eigenvalue weighted by Gasteiger charge is 2.63. The van der Waals surface area contributed by atoms with E-state index in [0.29, 0.717) is 53.6 Å². The summed E-state index contributed by atoms with van der Waals surface area (Å²) < 4.78 is 39.3. The van der Waals surface area contributed by atoms with Crippen molar-refractivity contribution in [2.24, 2.45) is 17.8 Å². The summed E-state index contributed by atoms with van der Waals surface area (Å²) in [5.74, 6) is -2.13. The zero-order valence-corrected chi connectivity index (χ0v) is 31.3. The molecule has 2 aromatic rings. The number of halogens is 1. The number of carboxylic acid groups (broad SMARTS) is 1. The van der Waals surface area contributed by atoms with Gasteiger partial charge in [-0.05, 0) is 75.5 Å². The molecule has 1 aromatic heterocycles. The van der Waals surface area contributed by atoms with Crippen molar-refractivity contribution < 1.29 is 42.2 Å². The van der Waals surface area contributed by atoms with Crippen molar-refractivity contribution in [1.82, 2.24) is 25.2 Å². The first-order chi connectivity index (χ1) is 24.6. The van der Waals surface area contributed by atoms with Crippen LogP contribution in [0.5, 0.6) is 11.6 Å². The van der Waals surface area contributed by atoms with Gasteiger partial charge in [-0.3, -0.25) is 19.1 Å². The van der Waals surface area contributed by atoms with E-state index in [1.54, 1.807) is 25.1 Å². The van der Waals surface area contributed by atoms with Gasteiger partial charge in [-0.1, -0.05) is 44.0 Å². The van der Waals surface area contributed by atoms with Crippen LogP contribution in [-0.4, -0.2) is 89.4 Å². The van der Waals surface area contributed by atoms with Crippen molar-refractivity contribution in [3.8, 4) is 11.6 Å². The largest absolute Gasteiger partial charge is 0.494 e. The summed E-state index contributed by atoms with van der Waals surface area (Å²) in [6, 6.07) is 2.80. The highest BCUT2D eigenvalue weighted by molar-refractivity contribution is 7.91. The second-order valence-electron chi connectivity index (χ2n) is 14.9. The van der Waals surface area contributed by atoms with Crippen molar-refractivity contribution >= 4 is 56.2 Å². The van der Waals surface area contributed by atoms with Gasteiger partial charge in [0.2, 0.25) is 27.7 Å². The minimum absolute atomic E-state index is 0.0189. The third-order valence-electron chi connectivity index (χ3n) is 11.2. The van der Waals surface area contributed by atoms with Gasteiger partial charge in [0.25, 0.3) is 5.91 Å². The second kappa shape index (κ2) is 14.4. The van der Waals surface area contributed by atoms with E-state index in [4.69, 9.17) is 21.1 Å². The Kier molecular flexibility index (Phi) is 10.4. The topological polar surface area (TPSA) is 193 Å². The number of pyridine rings is 1. The Morgan fingerprint density at radius 2 is 1.94 bits per heavy atom. The van der Waals surface area contributed by atoms with Crippen LogP contribution in [0.4, 0.5) is 4.79 Å². The van der Waals surface area contributed by atoms with E-state index in [2.05, 4.69) is 20.3 Å². The maximum Gasteiger partial charge on any atom is 0.405 e. The predicted molar refractivity (Wildman–Crippen MR) is 192 cm³/mol. The SMILES string of the molecule is CC[C@@H]1C[C@H](C)CCC=C[C@@H]2C[C@@]2(C(=O)NS(=O)(=O)C2(C)CC2)NC(=O)[C@@H]2C[C@@H](Oc3ncc(OC)c4ccc(Cl)cc34)CN2C(=O)[C@H]1NC(=O)O. The molecule has 1 aromatic carbocycles. The number of amides is 4. The van der Waals surface area contributed by atoms with Crippen molar-refractivity contribution in [2.75, 3.05) is 13.7 Å². The Morgan fingerprint density at radius 3 is 2.62 bits per heavy atom. The molecule has 0 radical (unpaired) electrons. The number of ether oxygens (including phenoxy) is 2. The maximum absolute atomic E-state index is 14.5. The van der Waals surface area contributed by atoms with E-state index in [0.717, 1.165) is 6.42 Å². The van der Waals surface area contributed by atoms with E-state index >= 15 is 0 Å². The van der Waals surface area contributed by atoms with Gasteiger partial charge in [0.05, 0.1) is 24.6 Å². The number of hydrogen-bond acceptors (Lipinski definition) is 9. The van der Waals surface area contributed by atoms with Gasteiger partial charge < -0.3 is 30.1 Å². The monoisotopic (exact) mass is 759 g/mol. The first kappa shape index (κ1) is 37.6. The normalized spacial score (nSPS) is 30.2. The zero-order valence-electron chi connectivity index (χ0n) is 29.7. The van der Waals surface area contributed by atoms with Crippen LogP contribution in [0.2, 0.25) is 5.02 Å². The number of fused-ring (bicyclic) bond motifs is 3. The predicted octanol–water partition coefficient (Wildman–Crippen LogP) is 4.16. The van der Waals surface area contributed by atoms with Crippen molar-refractivity contribution in [1.29, 1.82) is 0 Å². The van der Waals surface area contributed by atoms with Crippen molar-refractivity contribution in [3.05, 3.63) is 41.6 Å².